The van der Waals surface area contributed by atoms with Crippen molar-refractivity contribution in [2.75, 3.05) is 32.7 Å². The van der Waals surface area contributed by atoms with Crippen LogP contribution in [0.4, 0.5) is 5.69 Å². The van der Waals surface area contributed by atoms with Crippen molar-refractivity contribution in [3.05, 3.63) is 52.0 Å². The lowest BCUT2D eigenvalue weighted by atomic mass is 9.99. The molecule has 0 spiro atoms. The molecule has 0 N–H and O–H groups in total. The number of benzene rings is 2. The van der Waals surface area contributed by atoms with E-state index in [1.165, 1.54) is 0 Å². The third kappa shape index (κ3) is 2.89. The van der Waals surface area contributed by atoms with Gasteiger partial charge in [-0.3, -0.25) is 9.79 Å². The Morgan fingerprint density at radius 1 is 1.12 bits per heavy atom. The average molecular weight is 389 g/mol. The van der Waals surface area contributed by atoms with Gasteiger partial charge in [-0.25, -0.2) is 0 Å². The lowest BCUT2D eigenvalue weighted by Crippen LogP contribution is -2.27. The SMILES string of the molecule is COc1cc2c(cc1OC)N(C)C(=O)CN=C2c1cccc(Br)c1. The molecular weight excluding hydrogens is 372 g/mol. The van der Waals surface area contributed by atoms with Gasteiger partial charge in [-0.2, -0.15) is 0 Å². The molecule has 0 saturated heterocycles. The number of carbonyl (C=O) groups excluding carboxylic acids is 1. The number of benzodiazepines with no additional fused rings is 1. The van der Waals surface area contributed by atoms with Crippen molar-refractivity contribution in [2.45, 2.75) is 0 Å². The van der Waals surface area contributed by atoms with Gasteiger partial charge in [0, 0.05) is 28.7 Å². The topological polar surface area (TPSA) is 51.1 Å². The van der Waals surface area contributed by atoms with Crippen molar-refractivity contribution in [1.82, 2.24) is 0 Å². The van der Waals surface area contributed by atoms with Crippen molar-refractivity contribution in [2.24, 2.45) is 4.99 Å². The fourth-order valence-electron chi connectivity index (χ4n) is 2.69. The Hall–Kier alpha value is -2.34. The van der Waals surface area contributed by atoms with E-state index in [0.717, 1.165) is 27.0 Å². The van der Waals surface area contributed by atoms with Crippen LogP contribution < -0.4 is 14.4 Å². The predicted molar refractivity (Wildman–Crippen MR) is 97.6 cm³/mol. The number of likely N-dealkylation sites (N-methyl/N-ethyl adjacent to an activating group) is 1. The number of anilines is 1. The molecule has 0 bridgehead atoms. The Bertz CT molecular complexity index is 833. The first-order chi connectivity index (χ1) is 11.5. The van der Waals surface area contributed by atoms with Gasteiger partial charge >= 0.3 is 0 Å². The van der Waals surface area contributed by atoms with E-state index in [9.17, 15) is 4.79 Å². The highest BCUT2D eigenvalue weighted by Gasteiger charge is 2.25. The second-order valence-electron chi connectivity index (χ2n) is 5.35. The Labute approximate surface area is 149 Å². The summed E-state index contributed by atoms with van der Waals surface area (Å²) in [5, 5.41) is 0. The molecule has 0 aliphatic carbocycles. The Balaban J connectivity index is 2.26. The van der Waals surface area contributed by atoms with Crippen LogP contribution in [0.15, 0.2) is 45.9 Å². The molecule has 0 aromatic heterocycles. The van der Waals surface area contributed by atoms with Crippen LogP contribution in [-0.2, 0) is 4.79 Å². The van der Waals surface area contributed by atoms with Gasteiger partial charge in [0.25, 0.3) is 0 Å². The molecule has 0 saturated carbocycles. The predicted octanol–water partition coefficient (Wildman–Crippen LogP) is 3.28. The van der Waals surface area contributed by atoms with Crippen LogP contribution in [0.25, 0.3) is 0 Å². The molecule has 2 aromatic carbocycles. The van der Waals surface area contributed by atoms with Crippen LogP contribution in [0.1, 0.15) is 11.1 Å². The number of amides is 1. The molecule has 124 valence electrons. The highest BCUT2D eigenvalue weighted by Crippen LogP contribution is 2.37. The number of methoxy groups -OCH3 is 2. The van der Waals surface area contributed by atoms with Gasteiger partial charge < -0.3 is 14.4 Å². The van der Waals surface area contributed by atoms with Gasteiger partial charge in [0.15, 0.2) is 11.5 Å². The smallest absolute Gasteiger partial charge is 0.248 e. The molecule has 0 fully saturated rings. The van der Waals surface area contributed by atoms with Crippen molar-refractivity contribution < 1.29 is 14.3 Å². The molecule has 6 heteroatoms. The maximum atomic E-state index is 12.3. The molecule has 2 aromatic rings. The number of rotatable bonds is 3. The zero-order valence-electron chi connectivity index (χ0n) is 13.7. The van der Waals surface area contributed by atoms with E-state index >= 15 is 0 Å². The van der Waals surface area contributed by atoms with Gasteiger partial charge in [0.05, 0.1) is 25.6 Å². The van der Waals surface area contributed by atoms with E-state index in [4.69, 9.17) is 9.47 Å². The molecule has 1 aliphatic heterocycles. The highest BCUT2D eigenvalue weighted by molar-refractivity contribution is 9.10. The molecule has 3 rings (SSSR count). The standard InChI is InChI=1S/C18H17BrN2O3/c1-21-14-9-16(24-3)15(23-2)8-13(14)18(20-10-17(21)22)11-5-4-6-12(19)7-11/h4-9H,10H2,1-3H3. The summed E-state index contributed by atoms with van der Waals surface area (Å²) in [6, 6.07) is 11.5. The molecule has 24 heavy (non-hydrogen) atoms. The van der Waals surface area contributed by atoms with Crippen LogP contribution >= 0.6 is 15.9 Å². The Morgan fingerprint density at radius 2 is 1.83 bits per heavy atom. The number of carbonyl (C=O) groups is 1. The summed E-state index contributed by atoms with van der Waals surface area (Å²) in [5.74, 6) is 1.10. The van der Waals surface area contributed by atoms with E-state index < -0.39 is 0 Å². The first-order valence-corrected chi connectivity index (χ1v) is 8.17. The van der Waals surface area contributed by atoms with Crippen molar-refractivity contribution in [3.63, 3.8) is 0 Å². The maximum absolute atomic E-state index is 12.3. The second-order valence-corrected chi connectivity index (χ2v) is 6.27. The number of fused-ring (bicyclic) bond motifs is 1. The zero-order chi connectivity index (χ0) is 17.3. The third-order valence-electron chi connectivity index (χ3n) is 3.96. The van der Waals surface area contributed by atoms with E-state index in [-0.39, 0.29) is 12.5 Å². The lowest BCUT2D eigenvalue weighted by Gasteiger charge is -2.20. The fourth-order valence-corrected chi connectivity index (χ4v) is 3.09. The van der Waals surface area contributed by atoms with Gasteiger partial charge in [-0.1, -0.05) is 28.1 Å². The molecule has 0 radical (unpaired) electrons. The Morgan fingerprint density at radius 3 is 2.50 bits per heavy atom. The number of aliphatic imine (C=N–C) groups is 1. The van der Waals surface area contributed by atoms with Crippen LogP contribution in [0.2, 0.25) is 0 Å². The van der Waals surface area contributed by atoms with Gasteiger partial charge in [-0.05, 0) is 18.2 Å². The minimum Gasteiger partial charge on any atom is -0.493 e. The Kier molecular flexibility index (Phi) is 4.57. The van der Waals surface area contributed by atoms with Gasteiger partial charge in [0.2, 0.25) is 5.91 Å². The van der Waals surface area contributed by atoms with Crippen LogP contribution in [0.5, 0.6) is 11.5 Å². The summed E-state index contributed by atoms with van der Waals surface area (Å²) < 4.78 is 11.7. The summed E-state index contributed by atoms with van der Waals surface area (Å²) in [6.45, 7) is 0.0949. The van der Waals surface area contributed by atoms with E-state index in [1.807, 2.05) is 36.4 Å². The van der Waals surface area contributed by atoms with Gasteiger partial charge in [-0.15, -0.1) is 0 Å². The highest BCUT2D eigenvalue weighted by atomic mass is 79.9. The van der Waals surface area contributed by atoms with E-state index in [0.29, 0.717) is 11.5 Å². The van der Waals surface area contributed by atoms with Crippen LogP contribution in [0, 0.1) is 0 Å². The number of hydrogen-bond donors (Lipinski definition) is 0. The fraction of sp³-hybridized carbons (Fsp3) is 0.222. The van der Waals surface area contributed by atoms with Crippen LogP contribution in [0.3, 0.4) is 0 Å². The monoisotopic (exact) mass is 388 g/mol. The molecule has 5 nitrogen and oxygen atoms in total. The summed E-state index contributed by atoms with van der Waals surface area (Å²) in [4.78, 5) is 18.5. The molecule has 1 aliphatic rings. The van der Waals surface area contributed by atoms with E-state index in [1.54, 1.807) is 26.2 Å². The normalized spacial score (nSPS) is 13.9. The minimum atomic E-state index is -0.0755. The maximum Gasteiger partial charge on any atom is 0.248 e. The largest absolute Gasteiger partial charge is 0.493 e. The molecule has 1 amide bonds. The van der Waals surface area contributed by atoms with Crippen LogP contribution in [-0.4, -0.2) is 39.4 Å². The van der Waals surface area contributed by atoms with Crippen molar-refractivity contribution >= 4 is 33.2 Å². The first kappa shape index (κ1) is 16.5. The average Bonchev–Trinajstić information content (AvgIpc) is 2.71. The molecule has 1 heterocycles. The molecule has 0 unspecified atom stereocenters. The lowest BCUT2D eigenvalue weighted by molar-refractivity contribution is -0.116. The van der Waals surface area contributed by atoms with Crippen molar-refractivity contribution in [3.8, 4) is 11.5 Å². The van der Waals surface area contributed by atoms with E-state index in [2.05, 4.69) is 20.9 Å². The first-order valence-electron chi connectivity index (χ1n) is 7.38. The quantitative estimate of drug-likeness (QED) is 0.810. The third-order valence-corrected chi connectivity index (χ3v) is 4.46. The summed E-state index contributed by atoms with van der Waals surface area (Å²) in [6.07, 6.45) is 0. The summed E-state index contributed by atoms with van der Waals surface area (Å²) in [5.41, 5.74) is 3.26. The minimum absolute atomic E-state index is 0.0755. The summed E-state index contributed by atoms with van der Waals surface area (Å²) in [7, 11) is 4.91. The molecule has 0 atom stereocenters. The molecular formula is C18H17BrN2O3. The van der Waals surface area contributed by atoms with Gasteiger partial charge in [0.1, 0.15) is 6.54 Å². The van der Waals surface area contributed by atoms with Crippen molar-refractivity contribution in [1.29, 1.82) is 0 Å². The number of hydrogen-bond acceptors (Lipinski definition) is 4. The summed E-state index contributed by atoms with van der Waals surface area (Å²) >= 11 is 3.49. The number of nitrogens with zero attached hydrogens (tertiary/aromatic N) is 2. The number of ether oxygens (including phenoxy) is 2. The second kappa shape index (κ2) is 6.65. The number of halogens is 1. The zero-order valence-corrected chi connectivity index (χ0v) is 15.3.